The zero-order valence-corrected chi connectivity index (χ0v) is 15.0. The first kappa shape index (κ1) is 17.8. The number of ether oxygens (including phenoxy) is 2. The van der Waals surface area contributed by atoms with Crippen LogP contribution in [0, 0.1) is 6.92 Å². The molecule has 1 aromatic heterocycles. The highest BCUT2D eigenvalue weighted by Gasteiger charge is 2.40. The lowest BCUT2D eigenvalue weighted by molar-refractivity contribution is -0.0455. The van der Waals surface area contributed by atoms with Crippen LogP contribution in [0.3, 0.4) is 0 Å². The number of likely N-dealkylation sites (tertiary alicyclic amines) is 1. The van der Waals surface area contributed by atoms with E-state index in [-0.39, 0.29) is 11.7 Å². The molecule has 0 spiro atoms. The molecule has 0 saturated carbocycles. The third kappa shape index (κ3) is 4.70. The fourth-order valence-corrected chi connectivity index (χ4v) is 2.84. The molecule has 0 aliphatic carbocycles. The van der Waals surface area contributed by atoms with Crippen LogP contribution in [-0.4, -0.2) is 51.4 Å². The van der Waals surface area contributed by atoms with E-state index in [1.807, 2.05) is 33.9 Å². The number of amides is 1. The maximum atomic E-state index is 12.2. The predicted molar refractivity (Wildman–Crippen MR) is 88.4 cm³/mol. The first-order valence-electron chi connectivity index (χ1n) is 8.34. The molecule has 1 fully saturated rings. The van der Waals surface area contributed by atoms with Crippen molar-refractivity contribution in [2.75, 3.05) is 19.7 Å². The van der Waals surface area contributed by atoms with Gasteiger partial charge in [0.05, 0.1) is 18.8 Å². The second-order valence-electron chi connectivity index (χ2n) is 7.20. The molecule has 0 N–H and O–H groups in total. The van der Waals surface area contributed by atoms with Gasteiger partial charge in [-0.05, 0) is 40.5 Å². The Labute approximate surface area is 138 Å². The van der Waals surface area contributed by atoms with Crippen LogP contribution in [0.5, 0.6) is 0 Å². The van der Waals surface area contributed by atoms with Gasteiger partial charge in [0.15, 0.2) is 0 Å². The molecule has 2 rings (SSSR count). The largest absolute Gasteiger partial charge is 0.444 e. The zero-order chi connectivity index (χ0) is 17.1. The van der Waals surface area contributed by atoms with Crippen LogP contribution >= 0.6 is 0 Å². The van der Waals surface area contributed by atoms with E-state index in [0.717, 1.165) is 25.2 Å². The monoisotopic (exact) mass is 323 g/mol. The number of imidazole rings is 1. The Morgan fingerprint density at radius 1 is 1.43 bits per heavy atom. The van der Waals surface area contributed by atoms with E-state index < -0.39 is 5.60 Å². The third-order valence-corrected chi connectivity index (χ3v) is 4.28. The molecule has 1 atom stereocenters. The van der Waals surface area contributed by atoms with Gasteiger partial charge in [-0.1, -0.05) is 6.92 Å². The summed E-state index contributed by atoms with van der Waals surface area (Å²) in [4.78, 5) is 18.2. The molecule has 0 radical (unpaired) electrons. The molecule has 1 aliphatic rings. The van der Waals surface area contributed by atoms with Crippen LogP contribution in [0.1, 0.15) is 46.4 Å². The van der Waals surface area contributed by atoms with Gasteiger partial charge in [0.25, 0.3) is 0 Å². The van der Waals surface area contributed by atoms with Crippen molar-refractivity contribution in [2.45, 2.75) is 65.2 Å². The molecule has 0 aromatic carbocycles. The van der Waals surface area contributed by atoms with Crippen LogP contribution in [0.15, 0.2) is 12.4 Å². The summed E-state index contributed by atoms with van der Waals surface area (Å²) in [6.07, 6.45) is 5.24. The molecule has 1 saturated heterocycles. The van der Waals surface area contributed by atoms with Crippen LogP contribution in [0.2, 0.25) is 0 Å². The number of carbonyl (C=O) groups is 1. The Bertz CT molecular complexity index is 535. The summed E-state index contributed by atoms with van der Waals surface area (Å²) in [5, 5.41) is 0. The average Bonchev–Trinajstić information content (AvgIpc) is 3.05. The molecule has 2 heterocycles. The number of nitrogens with zero attached hydrogens (tertiary/aromatic N) is 3. The van der Waals surface area contributed by atoms with E-state index in [1.54, 1.807) is 11.1 Å². The number of aryl methyl sites for hydroxylation is 1. The van der Waals surface area contributed by atoms with Gasteiger partial charge in [-0.25, -0.2) is 9.78 Å². The highest BCUT2D eigenvalue weighted by Crippen LogP contribution is 2.30. The summed E-state index contributed by atoms with van der Waals surface area (Å²) < 4.78 is 13.7. The number of hydrogen-bond donors (Lipinski definition) is 0. The van der Waals surface area contributed by atoms with Crippen LogP contribution < -0.4 is 0 Å². The van der Waals surface area contributed by atoms with Gasteiger partial charge in [-0.3, -0.25) is 0 Å². The van der Waals surface area contributed by atoms with Crippen molar-refractivity contribution < 1.29 is 14.3 Å². The maximum absolute atomic E-state index is 12.2. The molecule has 6 nitrogen and oxygen atoms in total. The Balaban J connectivity index is 1.87. The van der Waals surface area contributed by atoms with E-state index in [1.165, 1.54) is 0 Å². The number of aromatic nitrogens is 2. The SMILES string of the molecule is CCC1(OCCn2ccnc2C)CCN(C(=O)OC(C)(C)C)C1. The summed E-state index contributed by atoms with van der Waals surface area (Å²) in [6, 6.07) is 0. The van der Waals surface area contributed by atoms with Gasteiger partial charge in [0.2, 0.25) is 0 Å². The fourth-order valence-electron chi connectivity index (χ4n) is 2.84. The number of hydrogen-bond acceptors (Lipinski definition) is 4. The molecule has 1 amide bonds. The Morgan fingerprint density at radius 2 is 2.17 bits per heavy atom. The minimum Gasteiger partial charge on any atom is -0.444 e. The van der Waals surface area contributed by atoms with Gasteiger partial charge in [0, 0.05) is 25.5 Å². The van der Waals surface area contributed by atoms with E-state index in [0.29, 0.717) is 19.7 Å². The van der Waals surface area contributed by atoms with E-state index in [2.05, 4.69) is 16.5 Å². The van der Waals surface area contributed by atoms with Crippen LogP contribution in [0.25, 0.3) is 0 Å². The normalized spacial score (nSPS) is 21.7. The summed E-state index contributed by atoms with van der Waals surface area (Å²) in [7, 11) is 0. The second-order valence-corrected chi connectivity index (χ2v) is 7.20. The lowest BCUT2D eigenvalue weighted by Gasteiger charge is -2.29. The summed E-state index contributed by atoms with van der Waals surface area (Å²) >= 11 is 0. The number of carbonyl (C=O) groups excluding carboxylic acids is 1. The number of rotatable bonds is 5. The predicted octanol–water partition coefficient (Wildman–Crippen LogP) is 3.00. The fraction of sp³-hybridized carbons (Fsp3) is 0.765. The Hall–Kier alpha value is -1.56. The first-order chi connectivity index (χ1) is 10.7. The van der Waals surface area contributed by atoms with Gasteiger partial charge in [0.1, 0.15) is 11.4 Å². The molecule has 1 aliphatic heterocycles. The highest BCUT2D eigenvalue weighted by molar-refractivity contribution is 5.68. The second kappa shape index (κ2) is 6.91. The molecular formula is C17H29N3O3. The summed E-state index contributed by atoms with van der Waals surface area (Å²) in [6.45, 7) is 12.4. The lowest BCUT2D eigenvalue weighted by atomic mass is 10.00. The van der Waals surface area contributed by atoms with Crippen LogP contribution in [0.4, 0.5) is 4.79 Å². The van der Waals surface area contributed by atoms with E-state index in [4.69, 9.17) is 9.47 Å². The molecule has 23 heavy (non-hydrogen) atoms. The Kier molecular flexibility index (Phi) is 5.34. The minimum atomic E-state index is -0.464. The molecule has 0 bridgehead atoms. The van der Waals surface area contributed by atoms with Crippen molar-refractivity contribution in [3.63, 3.8) is 0 Å². The Morgan fingerprint density at radius 3 is 2.74 bits per heavy atom. The van der Waals surface area contributed by atoms with Gasteiger partial charge in [-0.15, -0.1) is 0 Å². The average molecular weight is 323 g/mol. The summed E-state index contributed by atoms with van der Waals surface area (Å²) in [5.74, 6) is 0.987. The van der Waals surface area contributed by atoms with Crippen molar-refractivity contribution in [1.29, 1.82) is 0 Å². The van der Waals surface area contributed by atoms with Crippen molar-refractivity contribution in [2.24, 2.45) is 0 Å². The minimum absolute atomic E-state index is 0.248. The zero-order valence-electron chi connectivity index (χ0n) is 15.0. The van der Waals surface area contributed by atoms with Gasteiger partial charge < -0.3 is 18.9 Å². The topological polar surface area (TPSA) is 56.6 Å². The van der Waals surface area contributed by atoms with E-state index >= 15 is 0 Å². The van der Waals surface area contributed by atoms with Crippen molar-refractivity contribution >= 4 is 6.09 Å². The molecule has 130 valence electrons. The first-order valence-corrected chi connectivity index (χ1v) is 8.34. The van der Waals surface area contributed by atoms with E-state index in [9.17, 15) is 4.79 Å². The maximum Gasteiger partial charge on any atom is 0.410 e. The van der Waals surface area contributed by atoms with Crippen molar-refractivity contribution in [3.8, 4) is 0 Å². The lowest BCUT2D eigenvalue weighted by Crippen LogP contribution is -2.40. The standard InChI is InChI=1S/C17H29N3O3/c1-6-17(22-12-11-19-10-8-18-14(19)2)7-9-20(13-17)15(21)23-16(3,4)5/h8,10H,6-7,9,11-13H2,1-5H3. The summed E-state index contributed by atoms with van der Waals surface area (Å²) in [5.41, 5.74) is -0.722. The van der Waals surface area contributed by atoms with Crippen molar-refractivity contribution in [3.05, 3.63) is 18.2 Å². The quantitative estimate of drug-likeness (QED) is 0.836. The highest BCUT2D eigenvalue weighted by atomic mass is 16.6. The smallest absolute Gasteiger partial charge is 0.410 e. The van der Waals surface area contributed by atoms with Crippen LogP contribution in [-0.2, 0) is 16.0 Å². The van der Waals surface area contributed by atoms with Gasteiger partial charge >= 0.3 is 6.09 Å². The molecular weight excluding hydrogens is 294 g/mol. The molecule has 6 heteroatoms. The van der Waals surface area contributed by atoms with Gasteiger partial charge in [-0.2, -0.15) is 0 Å². The molecule has 1 aromatic rings. The van der Waals surface area contributed by atoms with Crippen molar-refractivity contribution in [1.82, 2.24) is 14.5 Å². The third-order valence-electron chi connectivity index (χ3n) is 4.28. The molecule has 1 unspecified atom stereocenters.